The summed E-state index contributed by atoms with van der Waals surface area (Å²) in [7, 11) is 0. The smallest absolute Gasteiger partial charge is 0.254 e. The predicted octanol–water partition coefficient (Wildman–Crippen LogP) is 4.81. The van der Waals surface area contributed by atoms with E-state index in [1.54, 1.807) is 0 Å². The molecule has 0 bridgehead atoms. The molecule has 2 aliphatic heterocycles. The summed E-state index contributed by atoms with van der Waals surface area (Å²) in [4.78, 5) is 13.2. The van der Waals surface area contributed by atoms with Gasteiger partial charge in [0.15, 0.2) is 0 Å². The first-order chi connectivity index (χ1) is 12.2. The Balaban J connectivity index is 1.78. The van der Waals surface area contributed by atoms with Crippen LogP contribution in [-0.2, 0) is 9.53 Å². The summed E-state index contributed by atoms with van der Waals surface area (Å²) in [6, 6.07) is 0. The molecule has 26 heavy (non-hydrogen) atoms. The van der Waals surface area contributed by atoms with Crippen LogP contribution in [0.15, 0.2) is 0 Å². The van der Waals surface area contributed by atoms with Gasteiger partial charge in [0, 0.05) is 23.9 Å². The molecule has 0 atom stereocenters. The van der Waals surface area contributed by atoms with Crippen LogP contribution in [0.2, 0.25) is 0 Å². The number of hydrogen-bond donors (Lipinski definition) is 2. The van der Waals surface area contributed by atoms with Gasteiger partial charge >= 0.3 is 0 Å². The second-order valence-corrected chi connectivity index (χ2v) is 10.5. The highest BCUT2D eigenvalue weighted by Gasteiger charge is 2.59. The van der Waals surface area contributed by atoms with Crippen molar-refractivity contribution < 1.29 is 9.53 Å². The Hall–Kier alpha value is -0.610. The number of carbonyl (C=O) groups excluding carboxylic acids is 1. The molecule has 4 nitrogen and oxygen atoms in total. The lowest BCUT2D eigenvalue weighted by Crippen LogP contribution is -2.66. The Morgan fingerprint density at radius 3 is 1.62 bits per heavy atom. The van der Waals surface area contributed by atoms with E-state index in [0.717, 1.165) is 38.5 Å². The van der Waals surface area contributed by atoms with Crippen LogP contribution in [0.25, 0.3) is 0 Å². The van der Waals surface area contributed by atoms with Crippen molar-refractivity contribution in [1.82, 2.24) is 10.6 Å². The largest absolute Gasteiger partial charge is 0.339 e. The first-order valence-electron chi connectivity index (χ1n) is 11.0. The van der Waals surface area contributed by atoms with E-state index < -0.39 is 11.3 Å². The Labute approximate surface area is 160 Å². The second-order valence-electron chi connectivity index (χ2n) is 10.5. The van der Waals surface area contributed by atoms with Gasteiger partial charge < -0.3 is 15.4 Å². The molecule has 2 saturated heterocycles. The summed E-state index contributed by atoms with van der Waals surface area (Å²) >= 11 is 0. The van der Waals surface area contributed by atoms with Crippen LogP contribution in [0.4, 0.5) is 0 Å². The van der Waals surface area contributed by atoms with E-state index in [-0.39, 0.29) is 17.0 Å². The fourth-order valence-corrected chi connectivity index (χ4v) is 5.93. The number of ether oxygens (including phenoxy) is 1. The molecule has 150 valence electrons. The minimum absolute atomic E-state index is 0.0497. The van der Waals surface area contributed by atoms with Crippen molar-refractivity contribution >= 4 is 5.91 Å². The molecule has 0 aromatic carbocycles. The summed E-state index contributed by atoms with van der Waals surface area (Å²) in [6.45, 7) is 8.88. The molecule has 0 radical (unpaired) electrons. The molecule has 1 aliphatic carbocycles. The number of carbonyl (C=O) groups is 1. The van der Waals surface area contributed by atoms with Crippen LogP contribution >= 0.6 is 0 Å². The number of amides is 1. The summed E-state index contributed by atoms with van der Waals surface area (Å²) < 4.78 is 6.81. The van der Waals surface area contributed by atoms with Gasteiger partial charge in [-0.25, -0.2) is 0 Å². The molecule has 0 aromatic heterocycles. The predicted molar refractivity (Wildman–Crippen MR) is 106 cm³/mol. The van der Waals surface area contributed by atoms with Crippen molar-refractivity contribution in [2.45, 2.75) is 134 Å². The van der Waals surface area contributed by atoms with E-state index in [1.807, 2.05) is 0 Å². The average molecular weight is 365 g/mol. The Bertz CT molecular complexity index is 484. The van der Waals surface area contributed by atoms with Crippen LogP contribution in [-0.4, -0.2) is 28.3 Å². The molecule has 1 amide bonds. The van der Waals surface area contributed by atoms with Crippen molar-refractivity contribution in [1.29, 1.82) is 0 Å². The van der Waals surface area contributed by atoms with Crippen LogP contribution in [0.1, 0.15) is 111 Å². The summed E-state index contributed by atoms with van der Waals surface area (Å²) in [5.41, 5.74) is -1.20. The Kier molecular flexibility index (Phi) is 5.75. The third kappa shape index (κ3) is 4.62. The van der Waals surface area contributed by atoms with Crippen LogP contribution in [0.5, 0.6) is 0 Å². The lowest BCUT2D eigenvalue weighted by molar-refractivity contribution is -0.163. The highest BCUT2D eigenvalue weighted by molar-refractivity contribution is 5.87. The van der Waals surface area contributed by atoms with Gasteiger partial charge in [0.05, 0.1) is 0 Å². The Morgan fingerprint density at radius 2 is 1.15 bits per heavy atom. The number of piperidine rings is 1. The Morgan fingerprint density at radius 1 is 0.731 bits per heavy atom. The van der Waals surface area contributed by atoms with Crippen molar-refractivity contribution in [3.05, 3.63) is 0 Å². The zero-order valence-corrected chi connectivity index (χ0v) is 17.5. The van der Waals surface area contributed by atoms with E-state index in [9.17, 15) is 4.79 Å². The van der Waals surface area contributed by atoms with Crippen molar-refractivity contribution in [2.75, 3.05) is 0 Å². The molecular formula is C22H40N2O2. The third-order valence-corrected chi connectivity index (χ3v) is 6.44. The van der Waals surface area contributed by atoms with E-state index in [2.05, 4.69) is 38.3 Å². The SMILES string of the molecule is CC1(C)CC2(CC(C)(C)N1)NC(=O)C1(CCCCCCCCCCC1)O2. The van der Waals surface area contributed by atoms with E-state index in [1.165, 1.54) is 44.9 Å². The molecular weight excluding hydrogens is 324 g/mol. The molecule has 4 heteroatoms. The molecule has 3 rings (SSSR count). The maximum atomic E-state index is 13.2. The molecule has 1 saturated carbocycles. The lowest BCUT2D eigenvalue weighted by atomic mass is 9.77. The van der Waals surface area contributed by atoms with Crippen LogP contribution in [0, 0.1) is 0 Å². The summed E-state index contributed by atoms with van der Waals surface area (Å²) in [6.07, 6.45) is 14.8. The first-order valence-corrected chi connectivity index (χ1v) is 11.0. The number of hydrogen-bond acceptors (Lipinski definition) is 3. The van der Waals surface area contributed by atoms with E-state index in [4.69, 9.17) is 4.74 Å². The summed E-state index contributed by atoms with van der Waals surface area (Å²) in [5, 5.41) is 7.07. The topological polar surface area (TPSA) is 50.4 Å². The lowest BCUT2D eigenvalue weighted by Gasteiger charge is -2.51. The first kappa shape index (κ1) is 20.1. The molecule has 2 heterocycles. The van der Waals surface area contributed by atoms with Gasteiger partial charge in [0.2, 0.25) is 0 Å². The van der Waals surface area contributed by atoms with Gasteiger partial charge in [-0.05, 0) is 40.5 Å². The van der Waals surface area contributed by atoms with Gasteiger partial charge in [0.25, 0.3) is 5.91 Å². The number of rotatable bonds is 0. The molecule has 2 N–H and O–H groups in total. The van der Waals surface area contributed by atoms with Gasteiger partial charge in [-0.3, -0.25) is 4.79 Å². The number of nitrogens with one attached hydrogen (secondary N) is 2. The highest BCUT2D eigenvalue weighted by Crippen LogP contribution is 2.46. The fraction of sp³-hybridized carbons (Fsp3) is 0.955. The quantitative estimate of drug-likeness (QED) is 0.648. The summed E-state index contributed by atoms with van der Waals surface area (Å²) in [5.74, 6) is 0.156. The maximum absolute atomic E-state index is 13.2. The third-order valence-electron chi connectivity index (χ3n) is 6.44. The highest BCUT2D eigenvalue weighted by atomic mass is 16.6. The second kappa shape index (κ2) is 7.43. The van der Waals surface area contributed by atoms with Crippen molar-refractivity contribution in [3.8, 4) is 0 Å². The van der Waals surface area contributed by atoms with Gasteiger partial charge in [-0.1, -0.05) is 57.8 Å². The monoisotopic (exact) mass is 364 g/mol. The molecule has 0 unspecified atom stereocenters. The normalized spacial score (nSPS) is 31.2. The van der Waals surface area contributed by atoms with Crippen molar-refractivity contribution in [3.63, 3.8) is 0 Å². The zero-order valence-electron chi connectivity index (χ0n) is 17.5. The van der Waals surface area contributed by atoms with Gasteiger partial charge in [-0.15, -0.1) is 0 Å². The molecule has 3 fully saturated rings. The maximum Gasteiger partial charge on any atom is 0.254 e. The van der Waals surface area contributed by atoms with Gasteiger partial charge in [0.1, 0.15) is 11.3 Å². The molecule has 0 aromatic rings. The fourth-order valence-electron chi connectivity index (χ4n) is 5.93. The minimum atomic E-state index is -0.595. The minimum Gasteiger partial charge on any atom is -0.339 e. The molecule has 2 spiro atoms. The zero-order chi connectivity index (χ0) is 18.9. The van der Waals surface area contributed by atoms with Gasteiger partial charge in [-0.2, -0.15) is 0 Å². The van der Waals surface area contributed by atoms with E-state index >= 15 is 0 Å². The van der Waals surface area contributed by atoms with E-state index in [0.29, 0.717) is 0 Å². The average Bonchev–Trinajstić information content (AvgIpc) is 2.70. The molecule has 3 aliphatic rings. The van der Waals surface area contributed by atoms with Crippen molar-refractivity contribution in [2.24, 2.45) is 0 Å². The van der Waals surface area contributed by atoms with Crippen LogP contribution < -0.4 is 10.6 Å². The van der Waals surface area contributed by atoms with Crippen LogP contribution in [0.3, 0.4) is 0 Å². The standard InChI is InChI=1S/C22H40N2O2/c1-19(2)16-22(17-20(3,4)24-19)23-18(25)21(26-22)14-12-10-8-6-5-7-9-11-13-15-21/h24H,5-17H2,1-4H3,(H,23,25).